The first-order valence-corrected chi connectivity index (χ1v) is 13.6. The average Bonchev–Trinajstić information content (AvgIpc) is 2.77. The van der Waals surface area contributed by atoms with Gasteiger partial charge in [0.1, 0.15) is 0 Å². The second-order valence-corrected chi connectivity index (χ2v) is 11.9. The highest BCUT2D eigenvalue weighted by molar-refractivity contribution is 7.90. The molecule has 0 spiro atoms. The third-order valence-corrected chi connectivity index (χ3v) is 8.13. The molecule has 0 atom stereocenters. The molecule has 0 radical (unpaired) electrons. The summed E-state index contributed by atoms with van der Waals surface area (Å²) in [5.41, 5.74) is 0. The molecule has 0 aromatic rings. The van der Waals surface area contributed by atoms with Gasteiger partial charge in [-0.25, -0.2) is 26.3 Å². The molecule has 0 aromatic heterocycles. The molecule has 0 bridgehead atoms. The summed E-state index contributed by atoms with van der Waals surface area (Å²) in [4.78, 5) is 0. The fourth-order valence-corrected chi connectivity index (χ4v) is 4.73. The predicted molar refractivity (Wildman–Crippen MR) is 103 cm³/mol. The quantitative estimate of drug-likeness (QED) is 0.143. The van der Waals surface area contributed by atoms with Gasteiger partial charge < -0.3 is 0 Å². The smallest absolute Gasteiger partial charge is 0.210 e. The maximum atomic E-state index is 13.5. The van der Waals surface area contributed by atoms with E-state index >= 15 is 0 Å². The second kappa shape index (κ2) is 12.5. The van der Waals surface area contributed by atoms with Crippen LogP contribution in [0.1, 0.15) is 38.5 Å². The Hall–Kier alpha value is -1.44. The maximum Gasteiger partial charge on any atom is 0.460 e. The number of nitrogens with one attached hydrogen (secondary N) is 2. The summed E-state index contributed by atoms with van der Waals surface area (Å²) in [6, 6.07) is 0. The summed E-state index contributed by atoms with van der Waals surface area (Å²) in [6.07, 6.45) is -16.3. The number of unbranched alkanes of at least 4 members (excludes halogenated alkanes) is 5. The lowest BCUT2D eigenvalue weighted by Crippen LogP contribution is -2.64. The van der Waals surface area contributed by atoms with Gasteiger partial charge in [0.05, 0.1) is 0 Å². The van der Waals surface area contributed by atoms with Gasteiger partial charge in [0.15, 0.2) is 0 Å². The Labute approximate surface area is 224 Å². The monoisotopic (exact) mass is 708 g/mol. The van der Waals surface area contributed by atoms with Gasteiger partial charge in [0.25, 0.3) is 20.0 Å². The van der Waals surface area contributed by atoms with Crippen LogP contribution in [0.15, 0.2) is 0 Å². The van der Waals surface area contributed by atoms with Gasteiger partial charge in [0, 0.05) is 13.1 Å². The van der Waals surface area contributed by atoms with E-state index in [1.807, 2.05) is 0 Å². The van der Waals surface area contributed by atoms with Crippen LogP contribution in [0.2, 0.25) is 0 Å². The summed E-state index contributed by atoms with van der Waals surface area (Å²) in [7, 11) is -13.6. The topological polar surface area (TPSA) is 92.3 Å². The molecule has 0 saturated carbocycles. The van der Waals surface area contributed by atoms with Crippen LogP contribution >= 0.6 is 0 Å². The van der Waals surface area contributed by atoms with Gasteiger partial charge in [-0.15, -0.1) is 0 Å². The molecule has 0 aliphatic carbocycles. The van der Waals surface area contributed by atoms with Crippen LogP contribution in [0, 0.1) is 0 Å². The van der Waals surface area contributed by atoms with Crippen LogP contribution in [0.25, 0.3) is 0 Å². The lowest BCUT2D eigenvalue weighted by Gasteiger charge is -2.33. The van der Waals surface area contributed by atoms with Crippen LogP contribution < -0.4 is 9.44 Å². The highest BCUT2D eigenvalue weighted by atomic mass is 32.2. The van der Waals surface area contributed by atoms with E-state index < -0.39 is 92.5 Å². The van der Waals surface area contributed by atoms with E-state index in [-0.39, 0.29) is 25.7 Å². The largest absolute Gasteiger partial charge is 0.460 e. The van der Waals surface area contributed by atoms with Gasteiger partial charge in [-0.3, -0.25) is 0 Å². The van der Waals surface area contributed by atoms with Crippen molar-refractivity contribution in [2.24, 2.45) is 0 Å². The fraction of sp³-hybridized carbons (Fsp3) is 1.00. The Bertz CT molecular complexity index is 1030. The number of hydrogen-bond acceptors (Lipinski definition) is 4. The number of rotatable bonds is 17. The van der Waals surface area contributed by atoms with Crippen molar-refractivity contribution in [1.82, 2.24) is 9.44 Å². The molecule has 0 unspecified atom stereocenters. The number of halogens is 18. The Morgan fingerprint density at radius 2 is 0.571 bits per heavy atom. The Balaban J connectivity index is 4.79. The van der Waals surface area contributed by atoms with E-state index in [0.717, 1.165) is 0 Å². The summed E-state index contributed by atoms with van der Waals surface area (Å²) in [5, 5.41) is -13.9. The highest BCUT2D eigenvalue weighted by Crippen LogP contribution is 2.55. The van der Waals surface area contributed by atoms with Crippen LogP contribution in [-0.2, 0) is 20.0 Å². The van der Waals surface area contributed by atoms with Crippen LogP contribution in [0.3, 0.4) is 0 Å². The first kappa shape index (κ1) is 40.6. The van der Waals surface area contributed by atoms with Crippen molar-refractivity contribution >= 4 is 20.0 Å². The summed E-state index contributed by atoms with van der Waals surface area (Å²) in [6.45, 7) is -2.39. The lowest BCUT2D eigenvalue weighted by molar-refractivity contribution is -0.382. The Kier molecular flexibility index (Phi) is 12.1. The van der Waals surface area contributed by atoms with Gasteiger partial charge in [-0.1, -0.05) is 25.7 Å². The van der Waals surface area contributed by atoms with E-state index in [0.29, 0.717) is 9.44 Å². The van der Waals surface area contributed by atoms with Crippen molar-refractivity contribution in [3.05, 3.63) is 0 Å². The van der Waals surface area contributed by atoms with Gasteiger partial charge in [-0.2, -0.15) is 79.0 Å². The molecule has 2 N–H and O–H groups in total. The molecular weight excluding hydrogens is 690 g/mol. The second-order valence-electron chi connectivity index (χ2n) is 8.24. The van der Waals surface area contributed by atoms with Crippen LogP contribution in [-0.4, -0.2) is 76.5 Å². The highest BCUT2D eigenvalue weighted by Gasteiger charge is 2.86. The Morgan fingerprint density at radius 3 is 0.786 bits per heavy atom. The molecule has 0 fully saturated rings. The minimum atomic E-state index is -7.46. The number of hydrogen-bond donors (Lipinski definition) is 2. The molecule has 26 heteroatoms. The van der Waals surface area contributed by atoms with Crippen molar-refractivity contribution < 1.29 is 95.9 Å². The molecule has 42 heavy (non-hydrogen) atoms. The third-order valence-electron chi connectivity index (χ3n) is 5.09. The van der Waals surface area contributed by atoms with E-state index in [9.17, 15) is 95.9 Å². The molecule has 0 saturated heterocycles. The van der Waals surface area contributed by atoms with E-state index in [2.05, 4.69) is 0 Å². The summed E-state index contributed by atoms with van der Waals surface area (Å²) in [5.74, 6) is -29.8. The predicted octanol–water partition coefficient (Wildman–Crippen LogP) is 6.02. The van der Waals surface area contributed by atoms with Crippen molar-refractivity contribution in [2.45, 2.75) is 85.1 Å². The standard InChI is InChI=1S/C16H18F18N2O4S2/c17-9(18,13(25,26)27)11(21,22)15(31,32)41(37,38)35-7-5-3-1-2-4-6-8-36-42(39,40)16(33,34)12(23,24)10(19,20)14(28,29)30/h35-36H,1-8H2. The number of alkyl halides is 18. The summed E-state index contributed by atoms with van der Waals surface area (Å²) < 4.78 is 277. The molecule has 0 aromatic carbocycles. The van der Waals surface area contributed by atoms with Crippen molar-refractivity contribution in [2.75, 3.05) is 13.1 Å². The Morgan fingerprint density at radius 1 is 0.357 bits per heavy atom. The van der Waals surface area contributed by atoms with Crippen molar-refractivity contribution in [1.29, 1.82) is 0 Å². The minimum absolute atomic E-state index is 0.0980. The molecular formula is C16H18F18N2O4S2. The maximum absolute atomic E-state index is 13.5. The molecule has 0 rings (SSSR count). The first-order valence-electron chi connectivity index (χ1n) is 10.6. The van der Waals surface area contributed by atoms with Gasteiger partial charge in [0.2, 0.25) is 0 Å². The van der Waals surface area contributed by atoms with Crippen molar-refractivity contribution in [3.63, 3.8) is 0 Å². The van der Waals surface area contributed by atoms with Crippen LogP contribution in [0.5, 0.6) is 0 Å². The summed E-state index contributed by atoms with van der Waals surface area (Å²) >= 11 is 0. The number of sulfonamides is 2. The first-order chi connectivity index (χ1) is 18.2. The lowest BCUT2D eigenvalue weighted by atomic mass is 10.1. The molecule has 0 heterocycles. The van der Waals surface area contributed by atoms with Gasteiger partial charge in [-0.05, 0) is 12.8 Å². The molecule has 0 aliphatic rings. The van der Waals surface area contributed by atoms with E-state index in [4.69, 9.17) is 0 Å². The molecule has 254 valence electrons. The van der Waals surface area contributed by atoms with Crippen molar-refractivity contribution in [3.8, 4) is 0 Å². The SMILES string of the molecule is O=S(=O)(NCCCCCCCCNS(=O)(=O)C(F)(F)C(F)(F)C(F)(F)C(F)(F)F)C(F)(F)C(F)(F)C(F)(F)C(F)(F)F. The minimum Gasteiger partial charge on any atom is -0.210 e. The molecule has 6 nitrogen and oxygen atoms in total. The molecule has 0 aliphatic heterocycles. The average molecular weight is 708 g/mol. The zero-order valence-corrected chi connectivity index (χ0v) is 21.5. The van der Waals surface area contributed by atoms with E-state index in [1.165, 1.54) is 0 Å². The molecule has 0 amide bonds. The fourth-order valence-electron chi connectivity index (χ4n) is 2.61. The third kappa shape index (κ3) is 7.43. The van der Waals surface area contributed by atoms with E-state index in [1.54, 1.807) is 0 Å². The van der Waals surface area contributed by atoms with Crippen LogP contribution in [0.4, 0.5) is 79.0 Å². The normalized spacial score (nSPS) is 15.8. The van der Waals surface area contributed by atoms with Gasteiger partial charge >= 0.3 is 46.6 Å². The zero-order chi connectivity index (χ0) is 34.1. The zero-order valence-electron chi connectivity index (χ0n) is 19.9.